The van der Waals surface area contributed by atoms with Crippen molar-refractivity contribution in [3.05, 3.63) is 11.5 Å². The third-order valence-electron chi connectivity index (χ3n) is 1.54. The predicted molar refractivity (Wildman–Crippen MR) is 51.5 cm³/mol. The Bertz CT molecular complexity index is 128. The van der Waals surface area contributed by atoms with Crippen molar-refractivity contribution in [2.24, 2.45) is 0 Å². The van der Waals surface area contributed by atoms with E-state index in [0.29, 0.717) is 0 Å². The summed E-state index contributed by atoms with van der Waals surface area (Å²) in [5.74, 6) is 1.05. The molecule has 0 amide bonds. The lowest BCUT2D eigenvalue weighted by atomic mass is 10.2. The van der Waals surface area contributed by atoms with Crippen LogP contribution in [0, 0.1) is 0 Å². The minimum absolute atomic E-state index is 0.781. The molecule has 1 N–H and O–H groups in total. The van der Waals surface area contributed by atoms with Crippen LogP contribution in [0.1, 0.15) is 26.7 Å². The molecule has 2 nitrogen and oxygen atoms in total. The second-order valence-corrected chi connectivity index (χ2v) is 2.68. The van der Waals surface area contributed by atoms with Crippen molar-refractivity contribution in [3.63, 3.8) is 0 Å². The molecule has 0 fully saturated rings. The van der Waals surface area contributed by atoms with E-state index in [9.17, 15) is 0 Å². The highest BCUT2D eigenvalue weighted by atomic mass is 79.9. The number of halogens is 1. The molecule has 0 saturated carbocycles. The topological polar surface area (TPSA) is 21.3 Å². The first kappa shape index (κ1) is 10.8. The van der Waals surface area contributed by atoms with Crippen LogP contribution in [-0.2, 0) is 4.74 Å². The van der Waals surface area contributed by atoms with E-state index in [1.54, 1.807) is 7.11 Å². The second-order valence-electron chi connectivity index (χ2n) is 2.12. The van der Waals surface area contributed by atoms with Gasteiger partial charge in [-0.05, 0) is 6.42 Å². The molecule has 0 atom stereocenters. The van der Waals surface area contributed by atoms with Crippen LogP contribution >= 0.6 is 15.9 Å². The Morgan fingerprint density at radius 1 is 1.36 bits per heavy atom. The predicted octanol–water partition coefficient (Wildman–Crippen LogP) is 2.61. The van der Waals surface area contributed by atoms with Crippen LogP contribution < -0.4 is 5.32 Å². The molecule has 0 aromatic rings. The molecule has 11 heavy (non-hydrogen) atoms. The Labute approximate surface area is 77.1 Å². The van der Waals surface area contributed by atoms with E-state index in [1.165, 1.54) is 5.70 Å². The standard InChI is InChI=1S/C8H16BrNO/c1-4-7(10-6-9)8(5-2)11-3/h10H,4-6H2,1-3H3/b8-7-. The van der Waals surface area contributed by atoms with Crippen molar-refractivity contribution in [1.82, 2.24) is 5.32 Å². The van der Waals surface area contributed by atoms with Gasteiger partial charge in [0.1, 0.15) is 5.76 Å². The van der Waals surface area contributed by atoms with Gasteiger partial charge in [-0.25, -0.2) is 0 Å². The molecule has 0 spiro atoms. The number of hydrogen-bond acceptors (Lipinski definition) is 2. The van der Waals surface area contributed by atoms with Gasteiger partial charge in [-0.2, -0.15) is 0 Å². The lowest BCUT2D eigenvalue weighted by Crippen LogP contribution is -2.12. The summed E-state index contributed by atoms with van der Waals surface area (Å²) in [5.41, 5.74) is 1.97. The maximum absolute atomic E-state index is 5.20. The molecule has 0 saturated heterocycles. The SMILES string of the molecule is CC/C(NCBr)=C(\CC)OC. The molecule has 0 radical (unpaired) electrons. The largest absolute Gasteiger partial charge is 0.499 e. The van der Waals surface area contributed by atoms with Crippen molar-refractivity contribution in [1.29, 1.82) is 0 Å². The first-order valence-electron chi connectivity index (χ1n) is 3.85. The molecule has 66 valence electrons. The van der Waals surface area contributed by atoms with E-state index in [1.807, 2.05) is 0 Å². The Morgan fingerprint density at radius 3 is 2.27 bits per heavy atom. The highest BCUT2D eigenvalue weighted by Crippen LogP contribution is 2.09. The minimum Gasteiger partial charge on any atom is -0.499 e. The summed E-state index contributed by atoms with van der Waals surface area (Å²) in [6, 6.07) is 0. The van der Waals surface area contributed by atoms with E-state index in [2.05, 4.69) is 35.1 Å². The van der Waals surface area contributed by atoms with Crippen LogP contribution in [-0.4, -0.2) is 12.6 Å². The average molecular weight is 222 g/mol. The molecule has 0 rings (SSSR count). The van der Waals surface area contributed by atoms with Gasteiger partial charge in [0.15, 0.2) is 0 Å². The highest BCUT2D eigenvalue weighted by molar-refractivity contribution is 9.09. The Hall–Kier alpha value is -0.180. The van der Waals surface area contributed by atoms with Gasteiger partial charge in [-0.1, -0.05) is 29.8 Å². The van der Waals surface area contributed by atoms with Crippen molar-refractivity contribution in [2.45, 2.75) is 26.7 Å². The van der Waals surface area contributed by atoms with Gasteiger partial charge >= 0.3 is 0 Å². The van der Waals surface area contributed by atoms with Gasteiger partial charge in [0.05, 0.1) is 12.6 Å². The first-order valence-corrected chi connectivity index (χ1v) is 4.98. The number of ether oxygens (including phenoxy) is 1. The van der Waals surface area contributed by atoms with Crippen LogP contribution in [0.25, 0.3) is 0 Å². The van der Waals surface area contributed by atoms with Crippen molar-refractivity contribution < 1.29 is 4.74 Å². The molecule has 0 aliphatic carbocycles. The molecule has 0 aliphatic rings. The molecular formula is C8H16BrNO. The number of nitrogens with one attached hydrogen (secondary N) is 1. The van der Waals surface area contributed by atoms with E-state index < -0.39 is 0 Å². The summed E-state index contributed by atoms with van der Waals surface area (Å²) in [5, 5.41) is 3.21. The summed E-state index contributed by atoms with van der Waals surface area (Å²) in [7, 11) is 1.71. The number of rotatable bonds is 5. The summed E-state index contributed by atoms with van der Waals surface area (Å²) in [6.07, 6.45) is 1.93. The zero-order valence-electron chi connectivity index (χ0n) is 7.41. The molecule has 0 aliphatic heterocycles. The summed E-state index contributed by atoms with van der Waals surface area (Å²) in [4.78, 5) is 0. The molecule has 0 aromatic carbocycles. The molecule has 0 aromatic heterocycles. The van der Waals surface area contributed by atoms with E-state index in [-0.39, 0.29) is 0 Å². The van der Waals surface area contributed by atoms with Crippen molar-refractivity contribution in [3.8, 4) is 0 Å². The quantitative estimate of drug-likeness (QED) is 0.438. The fraction of sp³-hybridized carbons (Fsp3) is 0.750. The first-order chi connectivity index (χ1) is 5.29. The third-order valence-corrected chi connectivity index (χ3v) is 1.82. The van der Waals surface area contributed by atoms with Crippen LogP contribution in [0.3, 0.4) is 0 Å². The van der Waals surface area contributed by atoms with Crippen LogP contribution in [0.15, 0.2) is 11.5 Å². The Balaban J connectivity index is 4.21. The molecule has 0 heterocycles. The number of hydrogen-bond donors (Lipinski definition) is 1. The summed E-state index contributed by atoms with van der Waals surface area (Å²) in [6.45, 7) is 4.20. The van der Waals surface area contributed by atoms with E-state index in [0.717, 1.165) is 24.1 Å². The third kappa shape index (κ3) is 3.65. The zero-order valence-corrected chi connectivity index (χ0v) is 8.99. The van der Waals surface area contributed by atoms with Gasteiger partial charge in [-0.3, -0.25) is 0 Å². The Morgan fingerprint density at radius 2 is 2.00 bits per heavy atom. The van der Waals surface area contributed by atoms with E-state index >= 15 is 0 Å². The number of alkyl halides is 1. The minimum atomic E-state index is 0.781. The lowest BCUT2D eigenvalue weighted by Gasteiger charge is -2.11. The highest BCUT2D eigenvalue weighted by Gasteiger charge is 2.00. The van der Waals surface area contributed by atoms with Gasteiger partial charge in [0.2, 0.25) is 0 Å². The van der Waals surface area contributed by atoms with Crippen molar-refractivity contribution in [2.75, 3.05) is 12.6 Å². The normalized spacial score (nSPS) is 12.4. The van der Waals surface area contributed by atoms with Gasteiger partial charge in [0, 0.05) is 12.1 Å². The zero-order chi connectivity index (χ0) is 8.69. The molecular weight excluding hydrogens is 206 g/mol. The molecule has 3 heteroatoms. The van der Waals surface area contributed by atoms with Crippen molar-refractivity contribution >= 4 is 15.9 Å². The lowest BCUT2D eigenvalue weighted by molar-refractivity contribution is 0.271. The van der Waals surface area contributed by atoms with E-state index in [4.69, 9.17) is 4.74 Å². The monoisotopic (exact) mass is 221 g/mol. The fourth-order valence-electron chi connectivity index (χ4n) is 0.982. The number of allylic oxidation sites excluding steroid dienone is 2. The van der Waals surface area contributed by atoms with Crippen LogP contribution in [0.5, 0.6) is 0 Å². The number of methoxy groups -OCH3 is 1. The summed E-state index contributed by atoms with van der Waals surface area (Å²) >= 11 is 3.32. The van der Waals surface area contributed by atoms with Gasteiger partial charge in [-0.15, -0.1) is 0 Å². The smallest absolute Gasteiger partial charge is 0.114 e. The van der Waals surface area contributed by atoms with Crippen LogP contribution in [0.4, 0.5) is 0 Å². The van der Waals surface area contributed by atoms with Crippen LogP contribution in [0.2, 0.25) is 0 Å². The summed E-state index contributed by atoms with van der Waals surface area (Å²) < 4.78 is 5.20. The van der Waals surface area contributed by atoms with Gasteiger partial charge in [0.25, 0.3) is 0 Å². The maximum atomic E-state index is 5.20. The maximum Gasteiger partial charge on any atom is 0.114 e. The average Bonchev–Trinajstić information content (AvgIpc) is 2.05. The fourth-order valence-corrected chi connectivity index (χ4v) is 1.32. The second kappa shape index (κ2) is 6.53. The van der Waals surface area contributed by atoms with Gasteiger partial charge < -0.3 is 10.1 Å². The Kier molecular flexibility index (Phi) is 6.42. The molecule has 0 bridgehead atoms. The molecule has 0 unspecified atom stereocenters.